The molecule has 1 atom stereocenters. The number of hydrogen-bond donors (Lipinski definition) is 3. The summed E-state index contributed by atoms with van der Waals surface area (Å²) in [5.41, 5.74) is 0.506. The average molecular weight is 339 g/mol. The summed E-state index contributed by atoms with van der Waals surface area (Å²) in [5, 5.41) is 15.4. The molecular formula is C16H16ClFN2O3. The number of ether oxygens (including phenoxy) is 1. The van der Waals surface area contributed by atoms with Crippen LogP contribution in [-0.2, 0) is 0 Å². The zero-order valence-electron chi connectivity index (χ0n) is 12.3. The minimum atomic E-state index is -1.15. The van der Waals surface area contributed by atoms with E-state index in [1.807, 2.05) is 0 Å². The highest BCUT2D eigenvalue weighted by Crippen LogP contribution is 2.27. The normalized spacial score (nSPS) is 11.7. The van der Waals surface area contributed by atoms with Gasteiger partial charge in [0.2, 0.25) is 0 Å². The van der Waals surface area contributed by atoms with Gasteiger partial charge >= 0.3 is 6.03 Å². The highest BCUT2D eigenvalue weighted by Gasteiger charge is 2.14. The van der Waals surface area contributed by atoms with Crippen molar-refractivity contribution in [3.05, 3.63) is 58.9 Å². The van der Waals surface area contributed by atoms with Gasteiger partial charge in [0.05, 0.1) is 18.9 Å². The van der Waals surface area contributed by atoms with Crippen LogP contribution < -0.4 is 15.4 Å². The largest absolute Gasteiger partial charge is 0.495 e. The summed E-state index contributed by atoms with van der Waals surface area (Å²) in [6.45, 7) is -0.143. The Morgan fingerprint density at radius 2 is 2.09 bits per heavy atom. The number of methoxy groups -OCH3 is 1. The van der Waals surface area contributed by atoms with Crippen molar-refractivity contribution in [1.29, 1.82) is 0 Å². The Morgan fingerprint density at radius 3 is 2.78 bits per heavy atom. The van der Waals surface area contributed by atoms with E-state index in [-0.39, 0.29) is 12.1 Å². The first kappa shape index (κ1) is 17.1. The molecule has 5 nitrogen and oxygen atoms in total. The van der Waals surface area contributed by atoms with Crippen molar-refractivity contribution >= 4 is 23.3 Å². The summed E-state index contributed by atoms with van der Waals surface area (Å²) in [5.74, 6) is -0.0853. The lowest BCUT2D eigenvalue weighted by atomic mass is 10.1. The lowest BCUT2D eigenvalue weighted by Gasteiger charge is -2.15. The van der Waals surface area contributed by atoms with Gasteiger partial charge in [0, 0.05) is 17.1 Å². The maximum atomic E-state index is 13.5. The third-order valence-corrected chi connectivity index (χ3v) is 3.37. The van der Waals surface area contributed by atoms with Crippen molar-refractivity contribution in [1.82, 2.24) is 5.32 Å². The molecule has 3 N–H and O–H groups in total. The van der Waals surface area contributed by atoms with E-state index in [4.69, 9.17) is 16.3 Å². The van der Waals surface area contributed by atoms with Crippen LogP contribution in [0.5, 0.6) is 5.75 Å². The molecule has 0 bridgehead atoms. The molecule has 122 valence electrons. The number of halogens is 2. The number of carbonyl (C=O) groups excluding carboxylic acids is 1. The minimum absolute atomic E-state index is 0.119. The first-order valence-electron chi connectivity index (χ1n) is 6.82. The van der Waals surface area contributed by atoms with Crippen molar-refractivity contribution in [2.24, 2.45) is 0 Å². The van der Waals surface area contributed by atoms with Crippen molar-refractivity contribution < 1.29 is 19.0 Å². The van der Waals surface area contributed by atoms with Crippen LogP contribution in [-0.4, -0.2) is 24.8 Å². The van der Waals surface area contributed by atoms with E-state index in [0.29, 0.717) is 16.5 Å². The SMILES string of the molecule is COc1ccc(Cl)cc1NC(=O)NC[C@@H](O)c1ccccc1F. The fraction of sp³-hybridized carbons (Fsp3) is 0.188. The molecule has 2 aromatic rings. The molecule has 0 aliphatic heterocycles. The molecule has 0 aliphatic rings. The molecule has 7 heteroatoms. The number of rotatable bonds is 5. The number of urea groups is 1. The zero-order valence-corrected chi connectivity index (χ0v) is 13.1. The number of hydrogen-bond acceptors (Lipinski definition) is 3. The van der Waals surface area contributed by atoms with Gasteiger partial charge in [-0.2, -0.15) is 0 Å². The summed E-state index contributed by atoms with van der Waals surface area (Å²) >= 11 is 5.87. The fourth-order valence-corrected chi connectivity index (χ4v) is 2.16. The number of amides is 2. The van der Waals surface area contributed by atoms with E-state index in [0.717, 1.165) is 0 Å². The van der Waals surface area contributed by atoms with Gasteiger partial charge in [0.25, 0.3) is 0 Å². The van der Waals surface area contributed by atoms with Gasteiger partial charge in [0.15, 0.2) is 0 Å². The molecular weight excluding hydrogens is 323 g/mol. The average Bonchev–Trinajstić information content (AvgIpc) is 2.53. The maximum absolute atomic E-state index is 13.5. The molecule has 0 saturated heterocycles. The topological polar surface area (TPSA) is 70.6 Å². The van der Waals surface area contributed by atoms with E-state index in [2.05, 4.69) is 10.6 Å². The molecule has 0 unspecified atom stereocenters. The van der Waals surface area contributed by atoms with Crippen molar-refractivity contribution in [2.75, 3.05) is 19.0 Å². The molecule has 0 heterocycles. The number of aliphatic hydroxyl groups excluding tert-OH is 1. The summed E-state index contributed by atoms with van der Waals surface area (Å²) in [7, 11) is 1.47. The molecule has 0 saturated carbocycles. The van der Waals surface area contributed by atoms with Crippen LogP contribution in [0.1, 0.15) is 11.7 Å². The second kappa shape index (κ2) is 7.80. The third-order valence-electron chi connectivity index (χ3n) is 3.13. The minimum Gasteiger partial charge on any atom is -0.495 e. The van der Waals surface area contributed by atoms with E-state index in [1.165, 1.54) is 31.4 Å². The van der Waals surface area contributed by atoms with Crippen molar-refractivity contribution in [3.8, 4) is 5.75 Å². The second-order valence-electron chi connectivity index (χ2n) is 4.72. The van der Waals surface area contributed by atoms with Gasteiger partial charge in [-0.3, -0.25) is 0 Å². The number of aliphatic hydroxyl groups is 1. The van der Waals surface area contributed by atoms with Crippen LogP contribution in [0.4, 0.5) is 14.9 Å². The smallest absolute Gasteiger partial charge is 0.319 e. The van der Waals surface area contributed by atoms with Gasteiger partial charge in [-0.1, -0.05) is 29.8 Å². The van der Waals surface area contributed by atoms with E-state index >= 15 is 0 Å². The Balaban J connectivity index is 1.95. The van der Waals surface area contributed by atoms with Crippen LogP contribution in [0.25, 0.3) is 0 Å². The van der Waals surface area contributed by atoms with Crippen LogP contribution in [0, 0.1) is 5.82 Å². The first-order valence-corrected chi connectivity index (χ1v) is 7.20. The molecule has 0 aromatic heterocycles. The molecule has 0 fully saturated rings. The van der Waals surface area contributed by atoms with Gasteiger partial charge in [-0.15, -0.1) is 0 Å². The Kier molecular flexibility index (Phi) is 5.78. The Morgan fingerprint density at radius 1 is 1.35 bits per heavy atom. The molecule has 0 aliphatic carbocycles. The molecule has 2 aromatic carbocycles. The van der Waals surface area contributed by atoms with E-state index in [1.54, 1.807) is 18.2 Å². The van der Waals surface area contributed by atoms with Gasteiger partial charge in [-0.25, -0.2) is 9.18 Å². The summed E-state index contributed by atoms with van der Waals surface area (Å²) in [6, 6.07) is 10.1. The van der Waals surface area contributed by atoms with Crippen molar-refractivity contribution in [2.45, 2.75) is 6.10 Å². The van der Waals surface area contributed by atoms with E-state index < -0.39 is 18.0 Å². The highest BCUT2D eigenvalue weighted by molar-refractivity contribution is 6.31. The summed E-state index contributed by atoms with van der Waals surface area (Å²) < 4.78 is 18.6. The number of anilines is 1. The predicted octanol–water partition coefficient (Wildman–Crippen LogP) is 3.34. The van der Waals surface area contributed by atoms with Crippen molar-refractivity contribution in [3.63, 3.8) is 0 Å². The summed E-state index contributed by atoms with van der Waals surface area (Å²) in [4.78, 5) is 11.9. The molecule has 0 spiro atoms. The Hall–Kier alpha value is -2.31. The van der Waals surface area contributed by atoms with Gasteiger partial charge < -0.3 is 20.5 Å². The predicted molar refractivity (Wildman–Crippen MR) is 86.4 cm³/mol. The standard InChI is InChI=1S/C16H16ClFN2O3/c1-23-15-7-6-10(17)8-13(15)20-16(22)19-9-14(21)11-4-2-3-5-12(11)18/h2-8,14,21H,9H2,1H3,(H2,19,20,22)/t14-/m1/s1. The molecule has 2 rings (SSSR count). The quantitative estimate of drug-likeness (QED) is 0.783. The van der Waals surface area contributed by atoms with Crippen LogP contribution in [0.3, 0.4) is 0 Å². The monoisotopic (exact) mass is 338 g/mol. The molecule has 2 amide bonds. The number of carbonyl (C=O) groups is 1. The van der Waals surface area contributed by atoms with Gasteiger partial charge in [-0.05, 0) is 24.3 Å². The maximum Gasteiger partial charge on any atom is 0.319 e. The summed E-state index contributed by atoms with van der Waals surface area (Å²) in [6.07, 6.45) is -1.15. The van der Waals surface area contributed by atoms with Crippen LogP contribution >= 0.6 is 11.6 Å². The van der Waals surface area contributed by atoms with Gasteiger partial charge in [0.1, 0.15) is 11.6 Å². The third kappa shape index (κ3) is 4.58. The van der Waals surface area contributed by atoms with E-state index in [9.17, 15) is 14.3 Å². The lowest BCUT2D eigenvalue weighted by Crippen LogP contribution is -2.32. The number of nitrogens with one attached hydrogen (secondary N) is 2. The Bertz CT molecular complexity index is 697. The lowest BCUT2D eigenvalue weighted by molar-refractivity contribution is 0.170. The molecule has 0 radical (unpaired) electrons. The van der Waals surface area contributed by atoms with Crippen LogP contribution in [0.15, 0.2) is 42.5 Å². The Labute approximate surface area is 138 Å². The fourth-order valence-electron chi connectivity index (χ4n) is 1.99. The first-order chi connectivity index (χ1) is 11.0. The highest BCUT2D eigenvalue weighted by atomic mass is 35.5. The second-order valence-corrected chi connectivity index (χ2v) is 5.15. The molecule has 23 heavy (non-hydrogen) atoms. The zero-order chi connectivity index (χ0) is 16.8. The number of benzene rings is 2. The van der Waals surface area contributed by atoms with Crippen LogP contribution in [0.2, 0.25) is 5.02 Å².